The zero-order chi connectivity index (χ0) is 14.8. The molecule has 6 heteroatoms. The van der Waals surface area contributed by atoms with Crippen molar-refractivity contribution in [3.05, 3.63) is 23.8 Å². The minimum Gasteiger partial charge on any atom is -0.339 e. The van der Waals surface area contributed by atoms with E-state index in [1.165, 1.54) is 0 Å². The van der Waals surface area contributed by atoms with E-state index in [-0.39, 0.29) is 17.9 Å². The van der Waals surface area contributed by atoms with E-state index in [1.54, 1.807) is 23.1 Å². The Hall–Kier alpha value is -2.42. The molecule has 1 amide bonds. The highest BCUT2D eigenvalue weighted by atomic mass is 16.6. The number of hydrogen-bond acceptors (Lipinski definition) is 5. The summed E-state index contributed by atoms with van der Waals surface area (Å²) in [6.45, 7) is 0. The van der Waals surface area contributed by atoms with E-state index in [9.17, 15) is 4.79 Å². The SMILES string of the molecule is CN(C(=O)c1ccc2nonc2c1)C1CCC(C#N)CC1. The van der Waals surface area contributed by atoms with Crippen molar-refractivity contribution >= 4 is 16.9 Å². The second-order valence-corrected chi connectivity index (χ2v) is 5.52. The van der Waals surface area contributed by atoms with Crippen LogP contribution in [0.5, 0.6) is 0 Å². The van der Waals surface area contributed by atoms with Gasteiger partial charge in [-0.1, -0.05) is 0 Å². The van der Waals surface area contributed by atoms with Gasteiger partial charge in [0, 0.05) is 24.6 Å². The number of nitriles is 1. The molecule has 1 saturated carbocycles. The van der Waals surface area contributed by atoms with Crippen LogP contribution in [0.25, 0.3) is 11.0 Å². The van der Waals surface area contributed by atoms with Crippen LogP contribution in [-0.2, 0) is 0 Å². The number of carbonyl (C=O) groups is 1. The minimum absolute atomic E-state index is 0.0275. The van der Waals surface area contributed by atoms with Crippen LogP contribution in [0.4, 0.5) is 0 Å². The lowest BCUT2D eigenvalue weighted by Crippen LogP contribution is -2.39. The van der Waals surface area contributed by atoms with Gasteiger partial charge >= 0.3 is 0 Å². The molecule has 2 aromatic rings. The summed E-state index contributed by atoms with van der Waals surface area (Å²) in [7, 11) is 1.82. The Kier molecular flexibility index (Phi) is 3.57. The van der Waals surface area contributed by atoms with E-state index in [4.69, 9.17) is 5.26 Å². The molecule has 1 aliphatic rings. The number of fused-ring (bicyclic) bond motifs is 1. The molecule has 0 unspecified atom stereocenters. The van der Waals surface area contributed by atoms with Gasteiger partial charge in [-0.25, -0.2) is 4.63 Å². The molecule has 108 valence electrons. The number of benzene rings is 1. The molecule has 0 aliphatic heterocycles. The Bertz CT molecular complexity index is 695. The van der Waals surface area contributed by atoms with Crippen LogP contribution in [0.1, 0.15) is 36.0 Å². The highest BCUT2D eigenvalue weighted by Crippen LogP contribution is 2.27. The maximum Gasteiger partial charge on any atom is 0.253 e. The first kappa shape index (κ1) is 13.6. The van der Waals surface area contributed by atoms with Crippen molar-refractivity contribution in [1.29, 1.82) is 5.26 Å². The molecule has 21 heavy (non-hydrogen) atoms. The van der Waals surface area contributed by atoms with Crippen LogP contribution < -0.4 is 0 Å². The molecule has 1 aliphatic carbocycles. The lowest BCUT2D eigenvalue weighted by atomic mass is 9.86. The summed E-state index contributed by atoms with van der Waals surface area (Å²) in [5.41, 5.74) is 1.81. The third-order valence-electron chi connectivity index (χ3n) is 4.25. The maximum atomic E-state index is 12.5. The fraction of sp³-hybridized carbons (Fsp3) is 0.467. The highest BCUT2D eigenvalue weighted by Gasteiger charge is 2.27. The number of nitrogens with zero attached hydrogens (tertiary/aromatic N) is 4. The number of carbonyl (C=O) groups excluding carboxylic acids is 1. The number of hydrogen-bond donors (Lipinski definition) is 0. The van der Waals surface area contributed by atoms with Gasteiger partial charge in [-0.05, 0) is 54.2 Å². The fourth-order valence-corrected chi connectivity index (χ4v) is 2.88. The summed E-state index contributed by atoms with van der Waals surface area (Å²) in [6.07, 6.45) is 3.50. The van der Waals surface area contributed by atoms with Crippen LogP contribution in [0.15, 0.2) is 22.8 Å². The van der Waals surface area contributed by atoms with Gasteiger partial charge in [0.1, 0.15) is 11.0 Å². The third kappa shape index (κ3) is 2.59. The Morgan fingerprint density at radius 2 is 2.00 bits per heavy atom. The van der Waals surface area contributed by atoms with Gasteiger partial charge in [0.15, 0.2) is 0 Å². The predicted octanol–water partition coefficient (Wildman–Crippen LogP) is 2.38. The van der Waals surface area contributed by atoms with Crippen LogP contribution >= 0.6 is 0 Å². The molecule has 0 bridgehead atoms. The molecule has 1 fully saturated rings. The van der Waals surface area contributed by atoms with Crippen LogP contribution in [0, 0.1) is 17.2 Å². The molecular formula is C15H16N4O2. The highest BCUT2D eigenvalue weighted by molar-refractivity contribution is 5.97. The van der Waals surface area contributed by atoms with Crippen LogP contribution in [0.3, 0.4) is 0 Å². The Balaban J connectivity index is 1.73. The van der Waals surface area contributed by atoms with Crippen molar-refractivity contribution < 1.29 is 9.42 Å². The normalized spacial score (nSPS) is 21.9. The van der Waals surface area contributed by atoms with E-state index in [2.05, 4.69) is 21.0 Å². The molecule has 0 N–H and O–H groups in total. The molecule has 0 spiro atoms. The number of amides is 1. The van der Waals surface area contributed by atoms with Gasteiger partial charge in [0.05, 0.1) is 6.07 Å². The van der Waals surface area contributed by atoms with Crippen molar-refractivity contribution in [3.63, 3.8) is 0 Å². The first-order valence-electron chi connectivity index (χ1n) is 7.08. The molecule has 0 saturated heterocycles. The molecule has 3 rings (SSSR count). The van der Waals surface area contributed by atoms with Crippen LogP contribution in [0.2, 0.25) is 0 Å². The van der Waals surface area contributed by atoms with Gasteiger partial charge in [0.2, 0.25) is 0 Å². The van der Waals surface area contributed by atoms with Gasteiger partial charge in [-0.15, -0.1) is 0 Å². The largest absolute Gasteiger partial charge is 0.339 e. The summed E-state index contributed by atoms with van der Waals surface area (Å²) in [5, 5.41) is 16.4. The van der Waals surface area contributed by atoms with E-state index in [0.717, 1.165) is 25.7 Å². The first-order chi connectivity index (χ1) is 10.2. The molecule has 0 radical (unpaired) electrons. The lowest BCUT2D eigenvalue weighted by molar-refractivity contribution is 0.0686. The summed E-state index contributed by atoms with van der Waals surface area (Å²) in [5.74, 6) is 0.114. The number of aromatic nitrogens is 2. The van der Waals surface area contributed by atoms with Gasteiger partial charge < -0.3 is 4.90 Å². The average Bonchev–Trinajstić information content (AvgIpc) is 3.01. The molecule has 6 nitrogen and oxygen atoms in total. The quantitative estimate of drug-likeness (QED) is 0.845. The van der Waals surface area contributed by atoms with Crippen molar-refractivity contribution in [3.8, 4) is 6.07 Å². The Morgan fingerprint density at radius 1 is 1.29 bits per heavy atom. The van der Waals surface area contributed by atoms with Gasteiger partial charge in [0.25, 0.3) is 5.91 Å². The standard InChI is InChI=1S/C15H16N4O2/c1-19(12-5-2-10(9-16)3-6-12)15(20)11-4-7-13-14(8-11)18-21-17-13/h4,7-8,10,12H,2-3,5-6H2,1H3. The molecular weight excluding hydrogens is 268 g/mol. The first-order valence-corrected chi connectivity index (χ1v) is 7.08. The lowest BCUT2D eigenvalue weighted by Gasteiger charge is -2.32. The van der Waals surface area contributed by atoms with E-state index >= 15 is 0 Å². The molecule has 1 aromatic carbocycles. The summed E-state index contributed by atoms with van der Waals surface area (Å²) >= 11 is 0. The summed E-state index contributed by atoms with van der Waals surface area (Å²) in [6, 6.07) is 7.69. The monoisotopic (exact) mass is 284 g/mol. The van der Waals surface area contributed by atoms with Crippen LogP contribution in [-0.4, -0.2) is 34.2 Å². The predicted molar refractivity (Wildman–Crippen MR) is 75.3 cm³/mol. The van der Waals surface area contributed by atoms with Crippen molar-refractivity contribution in [2.24, 2.45) is 5.92 Å². The van der Waals surface area contributed by atoms with E-state index < -0.39 is 0 Å². The van der Waals surface area contributed by atoms with Crippen molar-refractivity contribution in [1.82, 2.24) is 15.2 Å². The second kappa shape index (κ2) is 5.52. The Morgan fingerprint density at radius 3 is 2.71 bits per heavy atom. The number of rotatable bonds is 2. The summed E-state index contributed by atoms with van der Waals surface area (Å²) < 4.78 is 4.65. The smallest absolute Gasteiger partial charge is 0.253 e. The zero-order valence-corrected chi connectivity index (χ0v) is 11.8. The Labute approximate surface area is 122 Å². The van der Waals surface area contributed by atoms with Gasteiger partial charge in [-0.3, -0.25) is 4.79 Å². The fourth-order valence-electron chi connectivity index (χ4n) is 2.88. The summed E-state index contributed by atoms with van der Waals surface area (Å²) in [4.78, 5) is 14.3. The van der Waals surface area contributed by atoms with Gasteiger partial charge in [-0.2, -0.15) is 5.26 Å². The third-order valence-corrected chi connectivity index (χ3v) is 4.25. The topological polar surface area (TPSA) is 83.0 Å². The maximum absolute atomic E-state index is 12.5. The average molecular weight is 284 g/mol. The molecule has 1 aromatic heterocycles. The second-order valence-electron chi connectivity index (χ2n) is 5.52. The van der Waals surface area contributed by atoms with E-state index in [1.807, 2.05) is 7.05 Å². The zero-order valence-electron chi connectivity index (χ0n) is 11.8. The molecule has 1 heterocycles. The van der Waals surface area contributed by atoms with Crippen molar-refractivity contribution in [2.75, 3.05) is 7.05 Å². The van der Waals surface area contributed by atoms with E-state index in [0.29, 0.717) is 16.6 Å². The van der Waals surface area contributed by atoms with Crippen molar-refractivity contribution in [2.45, 2.75) is 31.7 Å². The minimum atomic E-state index is -0.0275. The molecule has 0 atom stereocenters.